The molecule has 7 nitrogen and oxygen atoms in total. The molecule has 0 bridgehead atoms. The monoisotopic (exact) mass is 369 g/mol. The quantitative estimate of drug-likeness (QED) is 0.522. The number of rotatable bonds is 4. The number of hydrogen-bond acceptors (Lipinski definition) is 6. The van der Waals surface area contributed by atoms with Crippen LogP contribution in [0.2, 0.25) is 0 Å². The maximum absolute atomic E-state index is 9.01. The first kappa shape index (κ1) is 17.5. The van der Waals surface area contributed by atoms with Gasteiger partial charge in [-0.15, -0.1) is 0 Å². The molecule has 7 heteroatoms. The van der Waals surface area contributed by atoms with Crippen LogP contribution in [0.3, 0.4) is 0 Å². The van der Waals surface area contributed by atoms with Crippen LogP contribution in [0, 0.1) is 18.3 Å². The van der Waals surface area contributed by atoms with Gasteiger partial charge in [-0.25, -0.2) is 4.98 Å². The lowest BCUT2D eigenvalue weighted by Gasteiger charge is -2.11. The van der Waals surface area contributed by atoms with Crippen LogP contribution in [0.1, 0.15) is 18.5 Å². The highest BCUT2D eigenvalue weighted by Crippen LogP contribution is 2.31. The highest BCUT2D eigenvalue weighted by atomic mass is 15.3. The van der Waals surface area contributed by atoms with Crippen molar-refractivity contribution in [3.8, 4) is 17.2 Å². The van der Waals surface area contributed by atoms with Crippen LogP contribution in [0.4, 0.5) is 17.2 Å². The molecular formula is C21H19N7. The van der Waals surface area contributed by atoms with Crippen molar-refractivity contribution in [2.24, 2.45) is 0 Å². The summed E-state index contributed by atoms with van der Waals surface area (Å²) in [6.45, 7) is 3.84. The average Bonchev–Trinajstić information content (AvgIpc) is 3.16. The van der Waals surface area contributed by atoms with E-state index < -0.39 is 0 Å². The van der Waals surface area contributed by atoms with E-state index in [1.165, 1.54) is 0 Å². The summed E-state index contributed by atoms with van der Waals surface area (Å²) in [6.07, 6.45) is 8.84. The first-order valence-corrected chi connectivity index (χ1v) is 8.86. The summed E-state index contributed by atoms with van der Waals surface area (Å²) in [5, 5.41) is 18.3. The second kappa shape index (κ2) is 7.00. The van der Waals surface area contributed by atoms with Gasteiger partial charge in [-0.3, -0.25) is 9.67 Å². The summed E-state index contributed by atoms with van der Waals surface area (Å²) in [5.74, 6) is 0.677. The molecule has 0 aliphatic rings. The smallest absolute Gasteiger partial charge is 0.135 e. The van der Waals surface area contributed by atoms with Gasteiger partial charge in [-0.2, -0.15) is 10.4 Å². The Morgan fingerprint density at radius 2 is 2.07 bits per heavy atom. The lowest BCUT2D eigenvalue weighted by molar-refractivity contribution is 0.591. The predicted molar refractivity (Wildman–Crippen MR) is 110 cm³/mol. The Morgan fingerprint density at radius 3 is 2.86 bits per heavy atom. The van der Waals surface area contributed by atoms with Crippen LogP contribution in [-0.4, -0.2) is 19.7 Å². The van der Waals surface area contributed by atoms with Gasteiger partial charge in [0.2, 0.25) is 0 Å². The normalized spacial score (nSPS) is 11.9. The number of nitrogens with two attached hydrogens (primary N) is 1. The molecule has 1 aromatic carbocycles. The Balaban J connectivity index is 1.71. The molecule has 1 atom stereocenters. The molecule has 4 aromatic rings. The van der Waals surface area contributed by atoms with Crippen molar-refractivity contribution in [3.63, 3.8) is 0 Å². The molecule has 0 aliphatic heterocycles. The number of nitrogen functional groups attached to an aromatic ring is 1. The molecule has 0 amide bonds. The van der Waals surface area contributed by atoms with Crippen molar-refractivity contribution in [2.75, 3.05) is 11.1 Å². The van der Waals surface area contributed by atoms with Gasteiger partial charge >= 0.3 is 0 Å². The zero-order chi connectivity index (χ0) is 19.7. The number of nitrogens with zero attached hydrogens (tertiary/aromatic N) is 5. The number of nitriles is 1. The molecule has 3 N–H and O–H groups in total. The number of aryl methyl sites for hydroxylation is 1. The number of anilines is 3. The standard InChI is InChI=1S/C21H19N7/c1-13-3-4-24-10-18(13)15-5-16-7-21(25-11-19(16)20(23)6-15)27-17-9-26-28(12-17)14(2)8-22/h3-7,9-12,14H,23H2,1-2H3,(H,25,27)/t14-/m1/s1. The van der Waals surface area contributed by atoms with Gasteiger partial charge in [0.05, 0.1) is 18.0 Å². The summed E-state index contributed by atoms with van der Waals surface area (Å²) in [7, 11) is 0. The van der Waals surface area contributed by atoms with E-state index in [4.69, 9.17) is 11.0 Å². The zero-order valence-corrected chi connectivity index (χ0v) is 15.6. The SMILES string of the molecule is Cc1ccncc1-c1cc(N)c2cnc(Nc3cnn([C@H](C)C#N)c3)cc2c1. The Morgan fingerprint density at radius 1 is 1.21 bits per heavy atom. The molecule has 0 saturated heterocycles. The average molecular weight is 369 g/mol. The van der Waals surface area contributed by atoms with Gasteiger partial charge in [0.1, 0.15) is 11.9 Å². The van der Waals surface area contributed by atoms with Crippen molar-refractivity contribution in [2.45, 2.75) is 19.9 Å². The molecule has 0 saturated carbocycles. The highest BCUT2D eigenvalue weighted by Gasteiger charge is 2.09. The molecule has 0 unspecified atom stereocenters. The lowest BCUT2D eigenvalue weighted by atomic mass is 9.99. The molecule has 138 valence electrons. The number of aromatic nitrogens is 4. The maximum atomic E-state index is 9.01. The number of fused-ring (bicyclic) bond motifs is 1. The third-order valence-electron chi connectivity index (χ3n) is 4.68. The molecule has 3 aromatic heterocycles. The minimum Gasteiger partial charge on any atom is -0.398 e. The maximum Gasteiger partial charge on any atom is 0.135 e. The van der Waals surface area contributed by atoms with Gasteiger partial charge in [0.15, 0.2) is 0 Å². The van der Waals surface area contributed by atoms with Crippen LogP contribution in [0.5, 0.6) is 0 Å². The van der Waals surface area contributed by atoms with E-state index in [0.29, 0.717) is 11.5 Å². The van der Waals surface area contributed by atoms with Crippen molar-refractivity contribution < 1.29 is 0 Å². The molecule has 28 heavy (non-hydrogen) atoms. The van der Waals surface area contributed by atoms with E-state index in [1.54, 1.807) is 36.4 Å². The van der Waals surface area contributed by atoms with Crippen LogP contribution < -0.4 is 11.1 Å². The van der Waals surface area contributed by atoms with E-state index in [-0.39, 0.29) is 6.04 Å². The van der Waals surface area contributed by atoms with Gasteiger partial charge in [-0.05, 0) is 54.6 Å². The minimum atomic E-state index is -0.329. The van der Waals surface area contributed by atoms with Gasteiger partial charge in [0, 0.05) is 41.4 Å². The molecular weight excluding hydrogens is 350 g/mol. The molecule has 0 aliphatic carbocycles. The van der Waals surface area contributed by atoms with Crippen molar-refractivity contribution >= 4 is 28.0 Å². The highest BCUT2D eigenvalue weighted by molar-refractivity contribution is 5.97. The third kappa shape index (κ3) is 3.23. The van der Waals surface area contributed by atoms with Gasteiger partial charge in [0.25, 0.3) is 0 Å². The van der Waals surface area contributed by atoms with Gasteiger partial charge in [-0.1, -0.05) is 0 Å². The van der Waals surface area contributed by atoms with E-state index in [1.807, 2.05) is 24.4 Å². The summed E-state index contributed by atoms with van der Waals surface area (Å²) in [4.78, 5) is 8.68. The molecule has 0 fully saturated rings. The molecule has 3 heterocycles. The Bertz CT molecular complexity index is 1200. The summed E-state index contributed by atoms with van der Waals surface area (Å²) in [6, 6.07) is 9.80. The minimum absolute atomic E-state index is 0.329. The van der Waals surface area contributed by atoms with E-state index in [2.05, 4.69) is 39.4 Å². The van der Waals surface area contributed by atoms with Crippen molar-refractivity contribution in [1.29, 1.82) is 5.26 Å². The number of benzene rings is 1. The second-order valence-electron chi connectivity index (χ2n) is 6.69. The Labute approximate surface area is 162 Å². The number of hydrogen-bond donors (Lipinski definition) is 2. The van der Waals surface area contributed by atoms with Crippen molar-refractivity contribution in [1.82, 2.24) is 19.7 Å². The van der Waals surface area contributed by atoms with E-state index in [0.717, 1.165) is 33.2 Å². The fraction of sp³-hybridized carbons (Fsp3) is 0.143. The zero-order valence-electron chi connectivity index (χ0n) is 15.6. The van der Waals surface area contributed by atoms with Crippen molar-refractivity contribution in [3.05, 3.63) is 60.8 Å². The fourth-order valence-corrected chi connectivity index (χ4v) is 3.10. The summed E-state index contributed by atoms with van der Waals surface area (Å²) >= 11 is 0. The van der Waals surface area contributed by atoms with Gasteiger partial charge < -0.3 is 11.1 Å². The number of nitrogens with one attached hydrogen (secondary N) is 1. The van der Waals surface area contributed by atoms with E-state index >= 15 is 0 Å². The third-order valence-corrected chi connectivity index (χ3v) is 4.68. The molecule has 4 rings (SSSR count). The predicted octanol–water partition coefficient (Wildman–Crippen LogP) is 4.21. The lowest BCUT2D eigenvalue weighted by Crippen LogP contribution is -2.02. The fourth-order valence-electron chi connectivity index (χ4n) is 3.10. The van der Waals surface area contributed by atoms with Crippen LogP contribution in [-0.2, 0) is 0 Å². The van der Waals surface area contributed by atoms with E-state index in [9.17, 15) is 0 Å². The van der Waals surface area contributed by atoms with Crippen LogP contribution in [0.15, 0.2) is 55.2 Å². The topological polar surface area (TPSA) is 105 Å². The Kier molecular flexibility index (Phi) is 4.38. The summed E-state index contributed by atoms with van der Waals surface area (Å²) in [5.41, 5.74) is 10.9. The first-order valence-electron chi connectivity index (χ1n) is 8.86. The number of pyridine rings is 2. The second-order valence-corrected chi connectivity index (χ2v) is 6.69. The summed E-state index contributed by atoms with van der Waals surface area (Å²) < 4.78 is 1.60. The molecule has 0 spiro atoms. The first-order chi connectivity index (χ1) is 13.5. The molecule has 0 radical (unpaired) electrons. The Hall–Kier alpha value is -3.92. The van der Waals surface area contributed by atoms with Crippen LogP contribution in [0.25, 0.3) is 21.9 Å². The largest absolute Gasteiger partial charge is 0.398 e. The van der Waals surface area contributed by atoms with Crippen LogP contribution >= 0.6 is 0 Å².